The summed E-state index contributed by atoms with van der Waals surface area (Å²) in [6.45, 7) is 5.98. The summed E-state index contributed by atoms with van der Waals surface area (Å²) in [5.41, 5.74) is 1.42. The molecule has 0 spiro atoms. The topological polar surface area (TPSA) is 113 Å². The Morgan fingerprint density at radius 3 is 2.49 bits per heavy atom. The number of nitrogens with zero attached hydrogens (tertiary/aromatic N) is 3. The van der Waals surface area contributed by atoms with E-state index in [1.807, 2.05) is 19.1 Å². The maximum absolute atomic E-state index is 13.9. The van der Waals surface area contributed by atoms with Gasteiger partial charge in [0.1, 0.15) is 5.75 Å². The first-order chi connectivity index (χ1) is 20.7. The van der Waals surface area contributed by atoms with Gasteiger partial charge >= 0.3 is 5.97 Å². The van der Waals surface area contributed by atoms with Crippen molar-refractivity contribution in [3.05, 3.63) is 124 Å². The molecule has 12 heteroatoms. The fourth-order valence-electron chi connectivity index (χ4n) is 4.65. The second-order valence-corrected chi connectivity index (χ2v) is 11.9. The molecule has 0 fully saturated rings. The Morgan fingerprint density at radius 1 is 1.12 bits per heavy atom. The molecule has 1 aliphatic heterocycles. The third-order valence-corrected chi connectivity index (χ3v) is 8.85. The third-order valence-electron chi connectivity index (χ3n) is 6.54. The van der Waals surface area contributed by atoms with E-state index in [0.29, 0.717) is 48.4 Å². The number of esters is 1. The van der Waals surface area contributed by atoms with Gasteiger partial charge in [0.2, 0.25) is 0 Å². The second kappa shape index (κ2) is 13.0. The Hall–Kier alpha value is -4.19. The number of fused-ring (bicyclic) bond motifs is 1. The lowest BCUT2D eigenvalue weighted by atomic mass is 9.96. The number of rotatable bonds is 9. The van der Waals surface area contributed by atoms with E-state index in [1.54, 1.807) is 68.5 Å². The average Bonchev–Trinajstić information content (AvgIpc) is 3.28. The largest absolute Gasteiger partial charge is 0.494 e. The summed E-state index contributed by atoms with van der Waals surface area (Å²) < 4.78 is 12.7. The summed E-state index contributed by atoms with van der Waals surface area (Å²) in [5, 5.41) is 12.5. The number of thiazole rings is 1. The summed E-state index contributed by atoms with van der Waals surface area (Å²) in [7, 11) is 0. The number of nitro groups is 1. The van der Waals surface area contributed by atoms with Crippen LogP contribution in [0.25, 0.3) is 6.08 Å². The van der Waals surface area contributed by atoms with E-state index in [2.05, 4.69) is 4.99 Å². The van der Waals surface area contributed by atoms with Crippen LogP contribution in [0.4, 0.5) is 5.69 Å². The predicted molar refractivity (Wildman–Crippen MR) is 167 cm³/mol. The molecule has 43 heavy (non-hydrogen) atoms. The lowest BCUT2D eigenvalue weighted by Crippen LogP contribution is -2.39. The van der Waals surface area contributed by atoms with Gasteiger partial charge in [-0.1, -0.05) is 52.9 Å². The van der Waals surface area contributed by atoms with Crippen molar-refractivity contribution in [2.45, 2.75) is 36.6 Å². The number of nitro benzene ring substituents is 1. The summed E-state index contributed by atoms with van der Waals surface area (Å²) >= 11 is 8.37. The van der Waals surface area contributed by atoms with Crippen LogP contribution in [0.5, 0.6) is 5.75 Å². The molecular formula is C31H26ClN3O6S2. The standard InChI is InChI=1S/C31H26ClN3O6S2/c1-4-40-22-11-7-20(8-12-22)28-27(30(37)41-5-2)18(3)33-31-34(28)29(36)26(43-31)17-19-6-15-25(24(16-19)35(38)39)42-23-13-9-21(32)10-14-23/h6-17,28H,4-5H2,1-3H3/b26-17+. The molecule has 0 saturated carbocycles. The van der Waals surface area contributed by atoms with Crippen molar-refractivity contribution in [1.82, 2.24) is 4.57 Å². The maximum Gasteiger partial charge on any atom is 0.338 e. The van der Waals surface area contributed by atoms with Crippen molar-refractivity contribution in [2.75, 3.05) is 13.2 Å². The molecule has 2 heterocycles. The number of hydrogen-bond acceptors (Lipinski definition) is 9. The number of carbonyl (C=O) groups is 1. The predicted octanol–water partition coefficient (Wildman–Crippen LogP) is 5.91. The van der Waals surface area contributed by atoms with Gasteiger partial charge in [-0.25, -0.2) is 9.79 Å². The number of halogens is 1. The molecule has 1 atom stereocenters. The van der Waals surface area contributed by atoms with E-state index in [0.717, 1.165) is 16.2 Å². The highest BCUT2D eigenvalue weighted by molar-refractivity contribution is 7.99. The fraction of sp³-hybridized carbons (Fsp3) is 0.194. The second-order valence-electron chi connectivity index (χ2n) is 9.34. The molecule has 0 aliphatic carbocycles. The lowest BCUT2D eigenvalue weighted by Gasteiger charge is -2.24. The fourth-order valence-corrected chi connectivity index (χ4v) is 6.73. The van der Waals surface area contributed by atoms with Gasteiger partial charge in [-0.3, -0.25) is 19.5 Å². The molecule has 0 saturated heterocycles. The Bertz CT molecular complexity index is 1910. The maximum atomic E-state index is 13.9. The van der Waals surface area contributed by atoms with Gasteiger partial charge in [-0.15, -0.1) is 0 Å². The lowest BCUT2D eigenvalue weighted by molar-refractivity contribution is -0.387. The van der Waals surface area contributed by atoms with Gasteiger partial charge in [-0.2, -0.15) is 0 Å². The van der Waals surface area contributed by atoms with Crippen molar-refractivity contribution < 1.29 is 19.2 Å². The van der Waals surface area contributed by atoms with Gasteiger partial charge in [0.15, 0.2) is 4.80 Å². The molecule has 220 valence electrons. The van der Waals surface area contributed by atoms with E-state index in [9.17, 15) is 19.7 Å². The smallest absolute Gasteiger partial charge is 0.338 e. The zero-order valence-electron chi connectivity index (χ0n) is 23.4. The van der Waals surface area contributed by atoms with E-state index in [4.69, 9.17) is 21.1 Å². The molecule has 4 aromatic rings. The SMILES string of the molecule is CCOC(=O)C1=C(C)N=c2s/c(=C/c3ccc(Sc4ccc(Cl)cc4)c([N+](=O)[O-])c3)c(=O)n2C1c1ccc(OCC)cc1. The number of benzene rings is 3. The molecule has 1 aromatic heterocycles. The zero-order chi connectivity index (χ0) is 30.7. The number of carbonyl (C=O) groups excluding carboxylic acids is 1. The van der Waals surface area contributed by atoms with Crippen LogP contribution in [0.15, 0.2) is 97.6 Å². The van der Waals surface area contributed by atoms with Crippen molar-refractivity contribution in [2.24, 2.45) is 4.99 Å². The highest BCUT2D eigenvalue weighted by Crippen LogP contribution is 2.36. The monoisotopic (exact) mass is 635 g/mol. The average molecular weight is 636 g/mol. The van der Waals surface area contributed by atoms with Gasteiger partial charge in [-0.05, 0) is 80.4 Å². The van der Waals surface area contributed by atoms with Gasteiger partial charge in [0, 0.05) is 16.0 Å². The number of aromatic nitrogens is 1. The minimum atomic E-state index is -0.777. The first-order valence-corrected chi connectivity index (χ1v) is 15.4. The normalized spacial score (nSPS) is 14.7. The summed E-state index contributed by atoms with van der Waals surface area (Å²) in [5.74, 6) is 0.109. The van der Waals surface area contributed by atoms with Crippen LogP contribution in [0.1, 0.15) is 37.9 Å². The van der Waals surface area contributed by atoms with Crippen molar-refractivity contribution >= 4 is 52.4 Å². The van der Waals surface area contributed by atoms with Crippen LogP contribution in [0, 0.1) is 10.1 Å². The van der Waals surface area contributed by atoms with Crippen LogP contribution >= 0.6 is 34.7 Å². The molecule has 5 rings (SSSR count). The summed E-state index contributed by atoms with van der Waals surface area (Å²) in [6, 6.07) is 18.3. The summed E-state index contributed by atoms with van der Waals surface area (Å²) in [4.78, 5) is 44.8. The highest BCUT2D eigenvalue weighted by Gasteiger charge is 2.33. The van der Waals surface area contributed by atoms with Crippen LogP contribution in [0.3, 0.4) is 0 Å². The van der Waals surface area contributed by atoms with Crippen molar-refractivity contribution in [1.29, 1.82) is 0 Å². The Kier molecular flexibility index (Phi) is 9.14. The Morgan fingerprint density at radius 2 is 1.84 bits per heavy atom. The number of ether oxygens (including phenoxy) is 2. The zero-order valence-corrected chi connectivity index (χ0v) is 25.8. The van der Waals surface area contributed by atoms with E-state index >= 15 is 0 Å². The summed E-state index contributed by atoms with van der Waals surface area (Å²) in [6.07, 6.45) is 1.60. The van der Waals surface area contributed by atoms with Crippen LogP contribution in [-0.2, 0) is 9.53 Å². The molecule has 1 unspecified atom stereocenters. The molecular weight excluding hydrogens is 610 g/mol. The molecule has 1 aliphatic rings. The molecule has 3 aromatic carbocycles. The van der Waals surface area contributed by atoms with Gasteiger partial charge in [0.25, 0.3) is 11.2 Å². The highest BCUT2D eigenvalue weighted by atomic mass is 35.5. The minimum absolute atomic E-state index is 0.0887. The van der Waals surface area contributed by atoms with Crippen LogP contribution < -0.4 is 19.6 Å². The number of hydrogen-bond donors (Lipinski definition) is 0. The molecule has 0 radical (unpaired) electrons. The third kappa shape index (κ3) is 6.43. The molecule has 9 nitrogen and oxygen atoms in total. The van der Waals surface area contributed by atoms with Crippen LogP contribution in [0.2, 0.25) is 5.02 Å². The van der Waals surface area contributed by atoms with Crippen molar-refractivity contribution in [3.63, 3.8) is 0 Å². The van der Waals surface area contributed by atoms with E-state index in [1.165, 1.54) is 22.4 Å². The molecule has 0 bridgehead atoms. The minimum Gasteiger partial charge on any atom is -0.494 e. The Labute approximate surface area is 259 Å². The quantitative estimate of drug-likeness (QED) is 0.128. The van der Waals surface area contributed by atoms with Gasteiger partial charge in [0.05, 0.1) is 44.9 Å². The van der Waals surface area contributed by atoms with E-state index < -0.39 is 16.9 Å². The molecule has 0 N–H and O–H groups in total. The van der Waals surface area contributed by atoms with Crippen LogP contribution in [-0.4, -0.2) is 28.7 Å². The van der Waals surface area contributed by atoms with E-state index in [-0.39, 0.29) is 23.4 Å². The molecule has 0 amide bonds. The first kappa shape index (κ1) is 30.3. The Balaban J connectivity index is 1.60. The number of allylic oxidation sites excluding steroid dienone is 1. The van der Waals surface area contributed by atoms with Crippen molar-refractivity contribution in [3.8, 4) is 5.75 Å². The first-order valence-electron chi connectivity index (χ1n) is 13.3. The van der Waals surface area contributed by atoms with Gasteiger partial charge < -0.3 is 9.47 Å².